The summed E-state index contributed by atoms with van der Waals surface area (Å²) in [4.78, 5) is 14.8. The molecule has 0 spiro atoms. The van der Waals surface area contributed by atoms with Crippen LogP contribution in [-0.2, 0) is 23.1 Å². The molecule has 3 aromatic heterocycles. The van der Waals surface area contributed by atoms with Gasteiger partial charge in [0.25, 0.3) is 5.91 Å². The van der Waals surface area contributed by atoms with Crippen LogP contribution in [-0.4, -0.2) is 65.0 Å². The van der Waals surface area contributed by atoms with E-state index in [1.54, 1.807) is 16.8 Å². The minimum absolute atomic E-state index is 0.0573. The molecule has 1 amide bonds. The zero-order valence-electron chi connectivity index (χ0n) is 25.4. The van der Waals surface area contributed by atoms with Gasteiger partial charge < -0.3 is 15.2 Å². The monoisotopic (exact) mass is 628 g/mol. The Bertz CT molecular complexity index is 2020. The Morgan fingerprint density at radius 1 is 1.02 bits per heavy atom. The van der Waals surface area contributed by atoms with E-state index in [2.05, 4.69) is 40.5 Å². The molecule has 2 aromatic carbocycles. The van der Waals surface area contributed by atoms with Crippen LogP contribution in [0.4, 0.5) is 4.39 Å². The normalized spacial score (nSPS) is 19.1. The lowest BCUT2D eigenvalue weighted by Gasteiger charge is -2.32. The number of halogens is 1. The number of carbonyl (C=O) groups excluding carboxylic acids is 1. The third-order valence-corrected chi connectivity index (χ3v) is 9.62. The number of carbonyl (C=O) groups is 1. The van der Waals surface area contributed by atoms with Gasteiger partial charge in [-0.3, -0.25) is 4.79 Å². The van der Waals surface area contributed by atoms with Gasteiger partial charge in [0.1, 0.15) is 11.9 Å². The largest absolute Gasteiger partial charge is 0.339 e. The molecule has 11 heteroatoms. The highest BCUT2D eigenvalue weighted by molar-refractivity contribution is 7.88. The molecule has 4 heterocycles. The van der Waals surface area contributed by atoms with Crippen molar-refractivity contribution in [2.75, 3.05) is 19.3 Å². The zero-order valence-corrected chi connectivity index (χ0v) is 26.2. The highest BCUT2D eigenvalue weighted by atomic mass is 32.2. The Balaban J connectivity index is 1.23. The molecule has 1 aliphatic carbocycles. The fourth-order valence-electron chi connectivity index (χ4n) is 6.38. The molecule has 1 saturated carbocycles. The van der Waals surface area contributed by atoms with Crippen molar-refractivity contribution in [3.8, 4) is 22.5 Å². The maximum Gasteiger partial charge on any atom is 0.255 e. The van der Waals surface area contributed by atoms with Gasteiger partial charge in [-0.2, -0.15) is 5.10 Å². The molecule has 0 bridgehead atoms. The Kier molecular flexibility index (Phi) is 7.50. The summed E-state index contributed by atoms with van der Waals surface area (Å²) in [5.74, 6) is 0.390. The van der Waals surface area contributed by atoms with E-state index in [1.807, 2.05) is 30.3 Å². The van der Waals surface area contributed by atoms with Crippen molar-refractivity contribution in [2.24, 2.45) is 11.7 Å². The van der Waals surface area contributed by atoms with Crippen molar-refractivity contribution in [2.45, 2.75) is 51.5 Å². The first-order chi connectivity index (χ1) is 21.5. The van der Waals surface area contributed by atoms with Crippen LogP contribution < -0.4 is 10.5 Å². The summed E-state index contributed by atoms with van der Waals surface area (Å²) >= 11 is 0. The number of alkyl halides is 1. The summed E-state index contributed by atoms with van der Waals surface area (Å²) in [7, 11) is -3.26. The van der Waals surface area contributed by atoms with E-state index in [-0.39, 0.29) is 31.5 Å². The fraction of sp³-hybridized carbons (Fsp3) is 0.353. The second-order valence-corrected chi connectivity index (χ2v) is 14.5. The molecule has 0 radical (unpaired) electrons. The topological polar surface area (TPSA) is 115 Å². The quantitative estimate of drug-likeness (QED) is 0.254. The third-order valence-electron chi connectivity index (χ3n) is 8.95. The van der Waals surface area contributed by atoms with Crippen LogP contribution in [0.3, 0.4) is 0 Å². The van der Waals surface area contributed by atoms with Crippen molar-refractivity contribution in [3.05, 3.63) is 83.6 Å². The first-order valence-electron chi connectivity index (χ1n) is 15.4. The van der Waals surface area contributed by atoms with Crippen molar-refractivity contribution in [3.63, 3.8) is 0 Å². The molecule has 2 atom stereocenters. The predicted molar refractivity (Wildman–Crippen MR) is 174 cm³/mol. The first kappa shape index (κ1) is 29.6. The average molecular weight is 629 g/mol. The molecule has 7 rings (SSSR count). The van der Waals surface area contributed by atoms with Crippen LogP contribution in [0.5, 0.6) is 0 Å². The molecule has 1 saturated heterocycles. The molecule has 2 fully saturated rings. The number of hydrogen-bond acceptors (Lipinski definition) is 5. The molecular weight excluding hydrogens is 591 g/mol. The molecule has 0 unspecified atom stereocenters. The van der Waals surface area contributed by atoms with Crippen LogP contribution in [0, 0.1) is 12.8 Å². The van der Waals surface area contributed by atoms with Gasteiger partial charge in [0, 0.05) is 48.3 Å². The SMILES string of the molecule is Cc1c(-c2cc3ccc(-c4ccc(CNS(C)(=O)=O)cc4)cc3n2CC2CC2)nn2cc(C(=O)N3C[C@H](N)C[C@@H](F)C3)ccc12. The Hall–Kier alpha value is -4.06. The number of nitrogens with two attached hydrogens (primary N) is 1. The average Bonchev–Trinajstić information content (AvgIpc) is 3.68. The number of fused-ring (bicyclic) bond motifs is 2. The van der Waals surface area contributed by atoms with E-state index >= 15 is 0 Å². The van der Waals surface area contributed by atoms with Crippen LogP contribution >= 0.6 is 0 Å². The van der Waals surface area contributed by atoms with E-state index in [0.717, 1.165) is 62.9 Å². The van der Waals surface area contributed by atoms with Gasteiger partial charge in [-0.15, -0.1) is 0 Å². The minimum atomic E-state index is -3.26. The highest BCUT2D eigenvalue weighted by Gasteiger charge is 2.29. The predicted octanol–water partition coefficient (Wildman–Crippen LogP) is 4.90. The van der Waals surface area contributed by atoms with Gasteiger partial charge in [-0.05, 0) is 73.1 Å². The molecule has 2 aliphatic rings. The summed E-state index contributed by atoms with van der Waals surface area (Å²) in [6, 6.07) is 19.9. The van der Waals surface area contributed by atoms with E-state index in [9.17, 15) is 17.6 Å². The van der Waals surface area contributed by atoms with Crippen LogP contribution in [0.1, 0.15) is 40.7 Å². The van der Waals surface area contributed by atoms with E-state index in [0.29, 0.717) is 18.0 Å². The van der Waals surface area contributed by atoms with E-state index in [4.69, 9.17) is 10.8 Å². The van der Waals surface area contributed by atoms with Gasteiger partial charge >= 0.3 is 0 Å². The summed E-state index contributed by atoms with van der Waals surface area (Å²) < 4.78 is 43.8. The van der Waals surface area contributed by atoms with Crippen LogP contribution in [0.25, 0.3) is 38.9 Å². The molecule has 3 N–H and O–H groups in total. The number of piperidine rings is 1. The smallest absolute Gasteiger partial charge is 0.255 e. The maximum absolute atomic E-state index is 14.2. The maximum atomic E-state index is 14.2. The van der Waals surface area contributed by atoms with Crippen molar-refractivity contribution in [1.29, 1.82) is 0 Å². The summed E-state index contributed by atoms with van der Waals surface area (Å²) in [6.45, 7) is 3.61. The molecule has 9 nitrogen and oxygen atoms in total. The van der Waals surface area contributed by atoms with Gasteiger partial charge in [0.15, 0.2) is 0 Å². The molecule has 5 aromatic rings. The van der Waals surface area contributed by atoms with Gasteiger partial charge in [-0.1, -0.05) is 36.4 Å². The molecule has 1 aliphatic heterocycles. The van der Waals surface area contributed by atoms with Crippen molar-refractivity contribution < 1.29 is 17.6 Å². The molecule has 45 heavy (non-hydrogen) atoms. The zero-order chi connectivity index (χ0) is 31.5. The number of rotatable bonds is 8. The Labute approximate surface area is 261 Å². The van der Waals surface area contributed by atoms with Gasteiger partial charge in [0.05, 0.1) is 29.6 Å². The standard InChI is InChI=1S/C34H37FN6O3S/c1-21-30-12-11-27(34(42)39-19-28(35)15-29(36)20-39)18-41(30)38-33(21)32-14-26-10-9-25(13-31(26)40(32)17-23-3-4-23)24-7-5-22(6-8-24)16-37-45(2,43)44/h5-14,18,23,28-29,37H,3-4,15-17,19-20,36H2,1-2H3/t28-,29-/m1/s1. The number of likely N-dealkylation sites (tertiary alicyclic amines) is 1. The van der Waals surface area contributed by atoms with E-state index in [1.165, 1.54) is 17.7 Å². The number of nitrogens with one attached hydrogen (secondary N) is 1. The number of nitrogens with zero attached hydrogens (tertiary/aromatic N) is 4. The number of pyridine rings is 1. The second kappa shape index (κ2) is 11.4. The van der Waals surface area contributed by atoms with Gasteiger partial charge in [-0.25, -0.2) is 22.0 Å². The number of sulfonamides is 1. The van der Waals surface area contributed by atoms with Crippen molar-refractivity contribution >= 4 is 32.4 Å². The number of benzene rings is 2. The number of aromatic nitrogens is 3. The lowest BCUT2D eigenvalue weighted by Crippen LogP contribution is -2.50. The Morgan fingerprint density at radius 2 is 1.78 bits per heavy atom. The fourth-order valence-corrected chi connectivity index (χ4v) is 6.81. The van der Waals surface area contributed by atoms with Crippen molar-refractivity contribution in [1.82, 2.24) is 23.8 Å². The Morgan fingerprint density at radius 3 is 2.49 bits per heavy atom. The number of aryl methyl sites for hydroxylation is 1. The number of amides is 1. The second-order valence-electron chi connectivity index (χ2n) is 12.7. The highest BCUT2D eigenvalue weighted by Crippen LogP contribution is 2.38. The molecule has 234 valence electrons. The van der Waals surface area contributed by atoms with Crippen LogP contribution in [0.15, 0.2) is 66.9 Å². The lowest BCUT2D eigenvalue weighted by molar-refractivity contribution is 0.0606. The minimum Gasteiger partial charge on any atom is -0.339 e. The lowest BCUT2D eigenvalue weighted by atomic mass is 10.0. The summed E-state index contributed by atoms with van der Waals surface area (Å²) in [6.07, 6.45) is 4.47. The first-order valence-corrected chi connectivity index (χ1v) is 17.3. The number of hydrogen-bond donors (Lipinski definition) is 2. The summed E-state index contributed by atoms with van der Waals surface area (Å²) in [5, 5.41) is 6.11. The van der Waals surface area contributed by atoms with Gasteiger partial charge in [0.2, 0.25) is 10.0 Å². The van der Waals surface area contributed by atoms with Crippen LogP contribution in [0.2, 0.25) is 0 Å². The van der Waals surface area contributed by atoms with E-state index < -0.39 is 16.2 Å². The molecular formula is C34H37FN6O3S. The summed E-state index contributed by atoms with van der Waals surface area (Å²) in [5.41, 5.74) is 14.4. The third kappa shape index (κ3) is 6.12.